The Morgan fingerprint density at radius 2 is 2.05 bits per heavy atom. The molecule has 1 heterocycles. The molecule has 1 aromatic carbocycles. The second-order valence-corrected chi connectivity index (χ2v) is 5.58. The Bertz CT molecular complexity index is 555. The third-order valence-corrected chi connectivity index (χ3v) is 3.82. The number of nitrogens with zero attached hydrogens (tertiary/aromatic N) is 2. The zero-order chi connectivity index (χ0) is 13.7. The minimum absolute atomic E-state index is 0.705. The molecular weight excluding hydrogens is 254 g/mol. The largest absolute Gasteiger partial charge is 0.354 e. The molecular formula is C15H19N3S. The lowest BCUT2D eigenvalue weighted by atomic mass is 10.2. The number of hydrogen-bond donors (Lipinski definition) is 1. The smallest absolute Gasteiger partial charge is 0.223 e. The van der Waals surface area contributed by atoms with Crippen LogP contribution in [0.1, 0.15) is 24.5 Å². The van der Waals surface area contributed by atoms with Crippen molar-refractivity contribution in [1.29, 1.82) is 0 Å². The monoisotopic (exact) mass is 273 g/mol. The van der Waals surface area contributed by atoms with Gasteiger partial charge in [0, 0.05) is 17.6 Å². The summed E-state index contributed by atoms with van der Waals surface area (Å²) in [6.45, 7) is 7.27. The number of benzene rings is 1. The molecule has 0 unspecified atom stereocenters. The van der Waals surface area contributed by atoms with E-state index in [0.717, 1.165) is 18.0 Å². The van der Waals surface area contributed by atoms with E-state index in [1.165, 1.54) is 16.0 Å². The fourth-order valence-electron chi connectivity index (χ4n) is 1.75. The van der Waals surface area contributed by atoms with Crippen LogP contribution in [0.3, 0.4) is 0 Å². The summed E-state index contributed by atoms with van der Waals surface area (Å²) in [6, 6.07) is 8.42. The van der Waals surface area contributed by atoms with Crippen LogP contribution in [0.25, 0.3) is 0 Å². The van der Waals surface area contributed by atoms with E-state index in [1.807, 2.05) is 6.07 Å². The molecule has 0 aliphatic heterocycles. The van der Waals surface area contributed by atoms with Crippen molar-refractivity contribution >= 4 is 17.7 Å². The number of rotatable bonds is 5. The maximum Gasteiger partial charge on any atom is 0.223 e. The molecule has 0 saturated carbocycles. The van der Waals surface area contributed by atoms with Crippen LogP contribution in [0, 0.1) is 13.8 Å². The van der Waals surface area contributed by atoms with Crippen LogP contribution < -0.4 is 5.32 Å². The number of hydrogen-bond acceptors (Lipinski definition) is 4. The van der Waals surface area contributed by atoms with Gasteiger partial charge in [0.1, 0.15) is 5.03 Å². The van der Waals surface area contributed by atoms with Gasteiger partial charge in [-0.15, -0.1) is 0 Å². The molecule has 1 aromatic heterocycles. The maximum absolute atomic E-state index is 4.51. The first kappa shape index (κ1) is 13.9. The van der Waals surface area contributed by atoms with Crippen molar-refractivity contribution in [1.82, 2.24) is 9.97 Å². The molecule has 100 valence electrons. The van der Waals surface area contributed by atoms with Gasteiger partial charge in [-0.25, -0.2) is 9.97 Å². The van der Waals surface area contributed by atoms with E-state index >= 15 is 0 Å². The summed E-state index contributed by atoms with van der Waals surface area (Å²) >= 11 is 1.68. The predicted molar refractivity (Wildman–Crippen MR) is 80.9 cm³/mol. The topological polar surface area (TPSA) is 37.8 Å². The Hall–Kier alpha value is -1.55. The summed E-state index contributed by atoms with van der Waals surface area (Å²) in [5.74, 6) is 0.705. The normalized spacial score (nSPS) is 10.5. The average Bonchev–Trinajstić information content (AvgIpc) is 2.40. The second-order valence-electron chi connectivity index (χ2n) is 4.52. The summed E-state index contributed by atoms with van der Waals surface area (Å²) in [7, 11) is 0. The van der Waals surface area contributed by atoms with Crippen molar-refractivity contribution in [2.45, 2.75) is 37.1 Å². The predicted octanol–water partition coefficient (Wildman–Crippen LogP) is 4.07. The third-order valence-electron chi connectivity index (χ3n) is 2.71. The highest BCUT2D eigenvalue weighted by Crippen LogP contribution is 2.29. The van der Waals surface area contributed by atoms with Crippen LogP contribution in [0.5, 0.6) is 0 Å². The van der Waals surface area contributed by atoms with E-state index in [4.69, 9.17) is 0 Å². The molecule has 0 aliphatic carbocycles. The molecule has 0 aliphatic rings. The van der Waals surface area contributed by atoms with Gasteiger partial charge in [0.2, 0.25) is 5.95 Å². The molecule has 0 saturated heterocycles. The fraction of sp³-hybridized carbons (Fsp3) is 0.333. The molecule has 0 bridgehead atoms. The minimum atomic E-state index is 0.705. The molecule has 2 rings (SSSR count). The van der Waals surface area contributed by atoms with Crippen molar-refractivity contribution in [3.05, 3.63) is 41.6 Å². The van der Waals surface area contributed by atoms with Gasteiger partial charge in [0.15, 0.2) is 0 Å². The van der Waals surface area contributed by atoms with Crippen molar-refractivity contribution in [2.75, 3.05) is 11.9 Å². The van der Waals surface area contributed by atoms with Crippen molar-refractivity contribution in [3.8, 4) is 0 Å². The van der Waals surface area contributed by atoms with Gasteiger partial charge in [-0.2, -0.15) is 0 Å². The van der Waals surface area contributed by atoms with Crippen molar-refractivity contribution in [2.24, 2.45) is 0 Å². The van der Waals surface area contributed by atoms with Crippen molar-refractivity contribution < 1.29 is 0 Å². The van der Waals surface area contributed by atoms with Gasteiger partial charge >= 0.3 is 0 Å². The standard InChI is InChI=1S/C15H19N3S/c1-4-8-16-15-17-9-7-14(18-15)19-13-6-5-11(2)10-12(13)3/h5-7,9-10H,4,8H2,1-3H3,(H,16,17,18). The van der Waals surface area contributed by atoms with E-state index in [2.05, 4.69) is 54.3 Å². The van der Waals surface area contributed by atoms with E-state index in [0.29, 0.717) is 5.95 Å². The van der Waals surface area contributed by atoms with E-state index < -0.39 is 0 Å². The molecule has 0 fully saturated rings. The lowest BCUT2D eigenvalue weighted by Gasteiger charge is -2.07. The van der Waals surface area contributed by atoms with Gasteiger partial charge < -0.3 is 5.32 Å². The zero-order valence-electron chi connectivity index (χ0n) is 11.6. The highest BCUT2D eigenvalue weighted by Gasteiger charge is 2.04. The summed E-state index contributed by atoms with van der Waals surface area (Å²) in [5, 5.41) is 4.18. The zero-order valence-corrected chi connectivity index (χ0v) is 12.4. The molecule has 19 heavy (non-hydrogen) atoms. The summed E-state index contributed by atoms with van der Waals surface area (Å²) < 4.78 is 0. The second kappa shape index (κ2) is 6.57. The Balaban J connectivity index is 2.14. The maximum atomic E-state index is 4.51. The first-order chi connectivity index (χ1) is 9.19. The molecule has 0 spiro atoms. The molecule has 1 N–H and O–H groups in total. The molecule has 0 atom stereocenters. The third kappa shape index (κ3) is 3.96. The van der Waals surface area contributed by atoms with Gasteiger partial charge in [0.25, 0.3) is 0 Å². The van der Waals surface area contributed by atoms with E-state index in [1.54, 1.807) is 18.0 Å². The Kier molecular flexibility index (Phi) is 4.80. The number of anilines is 1. The SMILES string of the molecule is CCCNc1nccc(Sc2ccc(C)cc2C)n1. The number of aromatic nitrogens is 2. The van der Waals surface area contributed by atoms with Crippen LogP contribution in [-0.4, -0.2) is 16.5 Å². The lowest BCUT2D eigenvalue weighted by Crippen LogP contribution is -2.04. The summed E-state index contributed by atoms with van der Waals surface area (Å²) in [6.07, 6.45) is 2.87. The average molecular weight is 273 g/mol. The number of nitrogens with one attached hydrogen (secondary N) is 1. The van der Waals surface area contributed by atoms with Crippen LogP contribution in [-0.2, 0) is 0 Å². The highest BCUT2D eigenvalue weighted by atomic mass is 32.2. The molecule has 0 radical (unpaired) electrons. The Labute approximate surface area is 118 Å². The minimum Gasteiger partial charge on any atom is -0.354 e. The van der Waals surface area contributed by atoms with Crippen LogP contribution in [0.4, 0.5) is 5.95 Å². The van der Waals surface area contributed by atoms with Crippen LogP contribution in [0.2, 0.25) is 0 Å². The first-order valence-corrected chi connectivity index (χ1v) is 7.32. The van der Waals surface area contributed by atoms with Gasteiger partial charge in [-0.05, 0) is 38.0 Å². The summed E-state index contributed by atoms with van der Waals surface area (Å²) in [5.41, 5.74) is 2.57. The van der Waals surface area contributed by atoms with Crippen molar-refractivity contribution in [3.63, 3.8) is 0 Å². The Morgan fingerprint density at radius 1 is 1.21 bits per heavy atom. The lowest BCUT2D eigenvalue weighted by molar-refractivity contribution is 0.935. The highest BCUT2D eigenvalue weighted by molar-refractivity contribution is 7.99. The summed E-state index contributed by atoms with van der Waals surface area (Å²) in [4.78, 5) is 9.97. The van der Waals surface area contributed by atoms with Gasteiger partial charge in [0.05, 0.1) is 0 Å². The van der Waals surface area contributed by atoms with E-state index in [-0.39, 0.29) is 0 Å². The molecule has 2 aromatic rings. The van der Waals surface area contributed by atoms with Gasteiger partial charge in [-0.1, -0.05) is 36.4 Å². The molecule has 3 nitrogen and oxygen atoms in total. The quantitative estimate of drug-likeness (QED) is 0.833. The first-order valence-electron chi connectivity index (χ1n) is 6.51. The van der Waals surface area contributed by atoms with Gasteiger partial charge in [-0.3, -0.25) is 0 Å². The van der Waals surface area contributed by atoms with E-state index in [9.17, 15) is 0 Å². The Morgan fingerprint density at radius 3 is 2.79 bits per heavy atom. The van der Waals surface area contributed by atoms with Crippen LogP contribution in [0.15, 0.2) is 40.4 Å². The fourth-order valence-corrected chi connectivity index (χ4v) is 2.59. The van der Waals surface area contributed by atoms with Crippen LogP contribution >= 0.6 is 11.8 Å². The molecule has 4 heteroatoms. The molecule has 0 amide bonds. The number of aryl methyl sites for hydroxylation is 2.